The lowest BCUT2D eigenvalue weighted by molar-refractivity contribution is 0.472. The second kappa shape index (κ2) is 4.17. The van der Waals surface area contributed by atoms with Crippen LogP contribution >= 0.6 is 0 Å². The third-order valence-corrected chi connectivity index (χ3v) is 3.67. The van der Waals surface area contributed by atoms with Gasteiger partial charge in [0.2, 0.25) is 0 Å². The summed E-state index contributed by atoms with van der Waals surface area (Å²) < 4.78 is 2.10. The van der Waals surface area contributed by atoms with Gasteiger partial charge in [-0.05, 0) is 36.0 Å². The van der Waals surface area contributed by atoms with Crippen molar-refractivity contribution in [3.05, 3.63) is 29.6 Å². The number of fused-ring (bicyclic) bond motifs is 1. The molecule has 0 aromatic carbocycles. The normalized spacial score (nSPS) is 12.3. The van der Waals surface area contributed by atoms with Gasteiger partial charge >= 0.3 is 0 Å². The molecule has 0 bridgehead atoms. The fourth-order valence-electron chi connectivity index (χ4n) is 2.59. The Hall–Kier alpha value is -1.31. The molecule has 2 heterocycles. The minimum atomic E-state index is 0.220. The van der Waals surface area contributed by atoms with Crippen molar-refractivity contribution in [3.63, 3.8) is 0 Å². The van der Waals surface area contributed by atoms with Crippen LogP contribution in [0.4, 0.5) is 0 Å². The van der Waals surface area contributed by atoms with Crippen LogP contribution in [0, 0.1) is 6.92 Å². The molecule has 2 nitrogen and oxygen atoms in total. The predicted octanol–water partition coefficient (Wildman–Crippen LogP) is 3.96. The van der Waals surface area contributed by atoms with Crippen LogP contribution in [-0.4, -0.2) is 9.55 Å². The molecule has 0 N–H and O–H groups in total. The van der Waals surface area contributed by atoms with E-state index in [1.807, 2.05) is 6.20 Å². The number of pyridine rings is 1. The van der Waals surface area contributed by atoms with Crippen LogP contribution in [-0.2, 0) is 12.5 Å². The molecule has 0 spiro atoms. The molecule has 17 heavy (non-hydrogen) atoms. The van der Waals surface area contributed by atoms with E-state index in [4.69, 9.17) is 0 Å². The molecule has 0 aliphatic heterocycles. The Labute approximate surface area is 104 Å². The SMILES string of the molecule is CCCC(C)(C)c1cnc2c(c1)c(C)cn2C. The minimum absolute atomic E-state index is 0.220. The summed E-state index contributed by atoms with van der Waals surface area (Å²) >= 11 is 0. The molecule has 2 heteroatoms. The molecule has 2 aromatic heterocycles. The summed E-state index contributed by atoms with van der Waals surface area (Å²) in [6, 6.07) is 2.31. The first-order chi connectivity index (χ1) is 7.95. The van der Waals surface area contributed by atoms with Crippen molar-refractivity contribution < 1.29 is 0 Å². The number of rotatable bonds is 3. The van der Waals surface area contributed by atoms with Gasteiger partial charge in [-0.3, -0.25) is 0 Å². The highest BCUT2D eigenvalue weighted by Gasteiger charge is 2.20. The van der Waals surface area contributed by atoms with E-state index >= 15 is 0 Å². The van der Waals surface area contributed by atoms with Gasteiger partial charge in [-0.2, -0.15) is 0 Å². The standard InChI is InChI=1S/C15H22N2/c1-6-7-15(3,4)12-8-13-11(2)10-17(5)14(13)16-9-12/h8-10H,6-7H2,1-5H3. The molecule has 0 fully saturated rings. The number of nitrogens with zero attached hydrogens (tertiary/aromatic N) is 2. The molecule has 0 unspecified atom stereocenters. The summed E-state index contributed by atoms with van der Waals surface area (Å²) in [4.78, 5) is 4.61. The van der Waals surface area contributed by atoms with E-state index in [-0.39, 0.29) is 5.41 Å². The second-order valence-electron chi connectivity index (χ2n) is 5.65. The van der Waals surface area contributed by atoms with Crippen LogP contribution < -0.4 is 0 Å². The fraction of sp³-hybridized carbons (Fsp3) is 0.533. The van der Waals surface area contributed by atoms with E-state index < -0.39 is 0 Å². The molecule has 0 amide bonds. The van der Waals surface area contributed by atoms with E-state index in [1.165, 1.54) is 29.4 Å². The molecule has 2 rings (SSSR count). The van der Waals surface area contributed by atoms with Crippen LogP contribution in [0.3, 0.4) is 0 Å². The Morgan fingerprint density at radius 2 is 2.06 bits per heavy atom. The molecule has 0 radical (unpaired) electrons. The zero-order valence-electron chi connectivity index (χ0n) is 11.5. The van der Waals surface area contributed by atoms with E-state index in [0.29, 0.717) is 0 Å². The van der Waals surface area contributed by atoms with E-state index in [2.05, 4.69) is 56.6 Å². The van der Waals surface area contributed by atoms with Gasteiger partial charge in [0.15, 0.2) is 0 Å². The molecular weight excluding hydrogens is 208 g/mol. The molecule has 92 valence electrons. The second-order valence-corrected chi connectivity index (χ2v) is 5.65. The van der Waals surface area contributed by atoms with Crippen molar-refractivity contribution in [1.29, 1.82) is 0 Å². The number of hydrogen-bond acceptors (Lipinski definition) is 1. The molecule has 2 aromatic rings. The van der Waals surface area contributed by atoms with Crippen molar-refractivity contribution >= 4 is 11.0 Å². The van der Waals surface area contributed by atoms with Crippen molar-refractivity contribution in [2.45, 2.75) is 46.0 Å². The first kappa shape index (κ1) is 12.2. The first-order valence-electron chi connectivity index (χ1n) is 6.38. The summed E-state index contributed by atoms with van der Waals surface area (Å²) in [5.41, 5.74) is 3.96. The largest absolute Gasteiger partial charge is 0.335 e. The van der Waals surface area contributed by atoms with Crippen LogP contribution in [0.2, 0.25) is 0 Å². The van der Waals surface area contributed by atoms with E-state index in [0.717, 1.165) is 5.65 Å². The average Bonchev–Trinajstić information content (AvgIpc) is 2.54. The summed E-state index contributed by atoms with van der Waals surface area (Å²) in [5, 5.41) is 1.29. The van der Waals surface area contributed by atoms with Crippen molar-refractivity contribution in [2.24, 2.45) is 7.05 Å². The zero-order chi connectivity index (χ0) is 12.6. The van der Waals surface area contributed by atoms with Gasteiger partial charge < -0.3 is 4.57 Å². The maximum atomic E-state index is 4.61. The minimum Gasteiger partial charge on any atom is -0.335 e. The van der Waals surface area contributed by atoms with Gasteiger partial charge in [0, 0.05) is 24.8 Å². The highest BCUT2D eigenvalue weighted by atomic mass is 15.0. The maximum Gasteiger partial charge on any atom is 0.139 e. The van der Waals surface area contributed by atoms with Gasteiger partial charge in [0.05, 0.1) is 0 Å². The summed E-state index contributed by atoms with van der Waals surface area (Å²) in [6.07, 6.45) is 6.59. The number of aryl methyl sites for hydroxylation is 2. The Kier molecular flexibility index (Phi) is 2.98. The van der Waals surface area contributed by atoms with E-state index in [9.17, 15) is 0 Å². The number of aromatic nitrogens is 2. The molecular formula is C15H22N2. The van der Waals surface area contributed by atoms with Crippen LogP contribution in [0.25, 0.3) is 11.0 Å². The maximum absolute atomic E-state index is 4.61. The topological polar surface area (TPSA) is 17.8 Å². The fourth-order valence-corrected chi connectivity index (χ4v) is 2.59. The van der Waals surface area contributed by atoms with Gasteiger partial charge in [0.1, 0.15) is 5.65 Å². The quantitative estimate of drug-likeness (QED) is 0.780. The Balaban J connectivity index is 2.54. The van der Waals surface area contributed by atoms with Crippen molar-refractivity contribution in [1.82, 2.24) is 9.55 Å². The third kappa shape index (κ3) is 2.08. The monoisotopic (exact) mass is 230 g/mol. The molecule has 0 saturated heterocycles. The van der Waals surface area contributed by atoms with Gasteiger partial charge in [0.25, 0.3) is 0 Å². The van der Waals surface area contributed by atoms with Crippen molar-refractivity contribution in [3.8, 4) is 0 Å². The average molecular weight is 230 g/mol. The summed E-state index contributed by atoms with van der Waals surface area (Å²) in [7, 11) is 2.05. The molecule has 0 atom stereocenters. The third-order valence-electron chi connectivity index (χ3n) is 3.67. The van der Waals surface area contributed by atoms with Crippen LogP contribution in [0.1, 0.15) is 44.7 Å². The molecule has 0 aliphatic carbocycles. The van der Waals surface area contributed by atoms with Crippen LogP contribution in [0.5, 0.6) is 0 Å². The van der Waals surface area contributed by atoms with Crippen molar-refractivity contribution in [2.75, 3.05) is 0 Å². The smallest absolute Gasteiger partial charge is 0.139 e. The number of hydrogen-bond donors (Lipinski definition) is 0. The Bertz CT molecular complexity index is 535. The lowest BCUT2D eigenvalue weighted by Crippen LogP contribution is -2.16. The van der Waals surface area contributed by atoms with Gasteiger partial charge in [-0.15, -0.1) is 0 Å². The first-order valence-corrected chi connectivity index (χ1v) is 6.38. The van der Waals surface area contributed by atoms with Crippen LogP contribution in [0.15, 0.2) is 18.5 Å². The summed E-state index contributed by atoms with van der Waals surface area (Å²) in [5.74, 6) is 0. The lowest BCUT2D eigenvalue weighted by Gasteiger charge is -2.24. The lowest BCUT2D eigenvalue weighted by atomic mass is 9.81. The highest BCUT2D eigenvalue weighted by Crippen LogP contribution is 2.30. The molecule has 0 aliphatic rings. The van der Waals surface area contributed by atoms with E-state index in [1.54, 1.807) is 0 Å². The summed E-state index contributed by atoms with van der Waals surface area (Å²) in [6.45, 7) is 9.00. The highest BCUT2D eigenvalue weighted by molar-refractivity contribution is 5.80. The van der Waals surface area contributed by atoms with Gasteiger partial charge in [-0.1, -0.05) is 27.2 Å². The Morgan fingerprint density at radius 1 is 1.35 bits per heavy atom. The zero-order valence-corrected chi connectivity index (χ0v) is 11.5. The molecule has 0 saturated carbocycles. The van der Waals surface area contributed by atoms with Gasteiger partial charge in [-0.25, -0.2) is 4.98 Å². The predicted molar refractivity (Wildman–Crippen MR) is 73.4 cm³/mol. The Morgan fingerprint density at radius 3 is 2.71 bits per heavy atom.